The smallest absolute Gasteiger partial charge is 0.0964 e. The van der Waals surface area contributed by atoms with Crippen LogP contribution in [0.4, 0.5) is 0 Å². The maximum absolute atomic E-state index is 4.31. The Morgan fingerprint density at radius 2 is 1.80 bits per heavy atom. The molecule has 0 saturated heterocycles. The molecule has 0 atom stereocenters. The van der Waals surface area contributed by atoms with Crippen LogP contribution in [0.15, 0.2) is 30.3 Å². The number of rotatable bonds is 0. The van der Waals surface area contributed by atoms with Crippen LogP contribution in [0, 0.1) is 6.92 Å². The summed E-state index contributed by atoms with van der Waals surface area (Å²) in [6.07, 6.45) is 2.21. The molecule has 0 aliphatic heterocycles. The zero-order valence-corrected chi connectivity index (χ0v) is 8.70. The standard InChI is InChI=1S/C13H12N2/c1-9-8-11-7-6-10-4-2-3-5-12(10)13(11)15-14-9/h2-5,8H,6-7H2,1H3. The molecule has 3 rings (SSSR count). The highest BCUT2D eigenvalue weighted by Gasteiger charge is 2.16. The van der Waals surface area contributed by atoms with Gasteiger partial charge in [0.25, 0.3) is 0 Å². The van der Waals surface area contributed by atoms with Crippen LogP contribution >= 0.6 is 0 Å². The fourth-order valence-electron chi connectivity index (χ4n) is 2.20. The molecule has 1 aromatic heterocycles. The molecule has 0 bridgehead atoms. The molecule has 2 nitrogen and oxygen atoms in total. The van der Waals surface area contributed by atoms with Gasteiger partial charge in [-0.1, -0.05) is 24.3 Å². The van der Waals surface area contributed by atoms with Gasteiger partial charge in [-0.25, -0.2) is 0 Å². The molecule has 0 radical (unpaired) electrons. The van der Waals surface area contributed by atoms with Gasteiger partial charge in [0.2, 0.25) is 0 Å². The number of fused-ring (bicyclic) bond motifs is 3. The summed E-state index contributed by atoms with van der Waals surface area (Å²) in [4.78, 5) is 0. The minimum atomic E-state index is 1.01. The summed E-state index contributed by atoms with van der Waals surface area (Å²) in [5, 5.41) is 8.45. The molecule has 0 unspecified atom stereocenters. The van der Waals surface area contributed by atoms with Crippen LogP contribution in [0.2, 0.25) is 0 Å². The quantitative estimate of drug-likeness (QED) is 0.647. The van der Waals surface area contributed by atoms with Gasteiger partial charge in [0, 0.05) is 5.56 Å². The Kier molecular flexibility index (Phi) is 1.81. The second-order valence-electron chi connectivity index (χ2n) is 4.02. The molecule has 2 heteroatoms. The van der Waals surface area contributed by atoms with E-state index in [0.717, 1.165) is 24.2 Å². The topological polar surface area (TPSA) is 25.8 Å². The predicted octanol–water partition coefficient (Wildman–Crippen LogP) is 2.55. The summed E-state index contributed by atoms with van der Waals surface area (Å²) in [6.45, 7) is 1.99. The Morgan fingerprint density at radius 3 is 2.73 bits per heavy atom. The second kappa shape index (κ2) is 3.16. The molecule has 0 N–H and O–H groups in total. The van der Waals surface area contributed by atoms with Crippen molar-refractivity contribution < 1.29 is 0 Å². The van der Waals surface area contributed by atoms with Crippen LogP contribution < -0.4 is 0 Å². The van der Waals surface area contributed by atoms with Crippen LogP contribution in [0.3, 0.4) is 0 Å². The molecular weight excluding hydrogens is 184 g/mol. The Balaban J connectivity index is 2.26. The lowest BCUT2D eigenvalue weighted by Crippen LogP contribution is -2.07. The van der Waals surface area contributed by atoms with Gasteiger partial charge in [0.15, 0.2) is 0 Å². The van der Waals surface area contributed by atoms with Gasteiger partial charge >= 0.3 is 0 Å². The van der Waals surface area contributed by atoms with E-state index in [1.165, 1.54) is 16.7 Å². The lowest BCUT2D eigenvalue weighted by Gasteiger charge is -2.17. The first-order valence-electron chi connectivity index (χ1n) is 5.26. The fraction of sp³-hybridized carbons (Fsp3) is 0.231. The number of hydrogen-bond donors (Lipinski definition) is 0. The molecule has 0 fully saturated rings. The molecule has 1 aliphatic rings. The van der Waals surface area contributed by atoms with Gasteiger partial charge in [-0.2, -0.15) is 5.10 Å². The third-order valence-corrected chi connectivity index (χ3v) is 2.93. The Hall–Kier alpha value is -1.70. The summed E-state index contributed by atoms with van der Waals surface area (Å²) in [7, 11) is 0. The zero-order valence-electron chi connectivity index (χ0n) is 8.70. The highest BCUT2D eigenvalue weighted by Crippen LogP contribution is 2.30. The normalized spacial score (nSPS) is 13.1. The maximum Gasteiger partial charge on any atom is 0.0964 e. The van der Waals surface area contributed by atoms with E-state index in [4.69, 9.17) is 0 Å². The summed E-state index contributed by atoms with van der Waals surface area (Å²) < 4.78 is 0. The van der Waals surface area contributed by atoms with Crippen LogP contribution in [-0.2, 0) is 12.8 Å². The molecule has 2 aromatic rings. The van der Waals surface area contributed by atoms with Crippen molar-refractivity contribution in [1.82, 2.24) is 10.2 Å². The van der Waals surface area contributed by atoms with Crippen molar-refractivity contribution in [3.63, 3.8) is 0 Å². The predicted molar refractivity (Wildman–Crippen MR) is 59.6 cm³/mol. The average Bonchev–Trinajstić information content (AvgIpc) is 2.28. The number of hydrogen-bond acceptors (Lipinski definition) is 2. The molecule has 0 spiro atoms. The first-order chi connectivity index (χ1) is 7.34. The monoisotopic (exact) mass is 196 g/mol. The van der Waals surface area contributed by atoms with E-state index in [2.05, 4.69) is 40.5 Å². The first-order valence-corrected chi connectivity index (χ1v) is 5.26. The highest BCUT2D eigenvalue weighted by atomic mass is 15.1. The van der Waals surface area contributed by atoms with Crippen LogP contribution in [0.5, 0.6) is 0 Å². The fourth-order valence-corrected chi connectivity index (χ4v) is 2.20. The second-order valence-corrected chi connectivity index (χ2v) is 4.02. The van der Waals surface area contributed by atoms with E-state index in [1.54, 1.807) is 0 Å². The molecule has 1 aromatic carbocycles. The number of benzene rings is 1. The van der Waals surface area contributed by atoms with E-state index < -0.39 is 0 Å². The third kappa shape index (κ3) is 1.33. The van der Waals surface area contributed by atoms with Crippen molar-refractivity contribution >= 4 is 0 Å². The zero-order chi connectivity index (χ0) is 10.3. The molecule has 15 heavy (non-hydrogen) atoms. The van der Waals surface area contributed by atoms with Gasteiger partial charge in [-0.3, -0.25) is 0 Å². The summed E-state index contributed by atoms with van der Waals surface area (Å²) in [5.74, 6) is 0. The van der Waals surface area contributed by atoms with Gasteiger partial charge in [0.1, 0.15) is 0 Å². The minimum Gasteiger partial charge on any atom is -0.155 e. The molecule has 74 valence electrons. The van der Waals surface area contributed by atoms with E-state index >= 15 is 0 Å². The molecule has 0 amide bonds. The maximum atomic E-state index is 4.31. The summed E-state index contributed by atoms with van der Waals surface area (Å²) in [5.41, 5.74) is 6.06. The number of nitrogens with zero attached hydrogens (tertiary/aromatic N) is 2. The van der Waals surface area contributed by atoms with E-state index in [1.807, 2.05) is 6.92 Å². The molecular formula is C13H12N2. The average molecular weight is 196 g/mol. The van der Waals surface area contributed by atoms with Crippen LogP contribution in [0.25, 0.3) is 11.3 Å². The minimum absolute atomic E-state index is 1.01. The summed E-state index contributed by atoms with van der Waals surface area (Å²) >= 11 is 0. The lowest BCUT2D eigenvalue weighted by atomic mass is 9.89. The van der Waals surface area contributed by atoms with Gasteiger partial charge in [0.05, 0.1) is 11.4 Å². The van der Waals surface area contributed by atoms with E-state index in [-0.39, 0.29) is 0 Å². The van der Waals surface area contributed by atoms with Gasteiger partial charge < -0.3 is 0 Å². The molecule has 1 heterocycles. The van der Waals surface area contributed by atoms with Crippen molar-refractivity contribution in [1.29, 1.82) is 0 Å². The van der Waals surface area contributed by atoms with Crippen molar-refractivity contribution in [2.75, 3.05) is 0 Å². The molecule has 0 saturated carbocycles. The van der Waals surface area contributed by atoms with Crippen molar-refractivity contribution in [2.24, 2.45) is 0 Å². The highest BCUT2D eigenvalue weighted by molar-refractivity contribution is 5.68. The Bertz CT molecular complexity index is 518. The van der Waals surface area contributed by atoms with Gasteiger partial charge in [-0.05, 0) is 37.0 Å². The van der Waals surface area contributed by atoms with E-state index in [0.29, 0.717) is 0 Å². The van der Waals surface area contributed by atoms with Crippen molar-refractivity contribution in [2.45, 2.75) is 19.8 Å². The number of aromatic nitrogens is 2. The van der Waals surface area contributed by atoms with Crippen LogP contribution in [0.1, 0.15) is 16.8 Å². The SMILES string of the molecule is Cc1cc2c(nn1)-c1ccccc1CC2. The van der Waals surface area contributed by atoms with E-state index in [9.17, 15) is 0 Å². The Labute approximate surface area is 89.0 Å². The van der Waals surface area contributed by atoms with Crippen LogP contribution in [-0.4, -0.2) is 10.2 Å². The number of aryl methyl sites for hydroxylation is 3. The van der Waals surface area contributed by atoms with Crippen molar-refractivity contribution in [3.8, 4) is 11.3 Å². The largest absolute Gasteiger partial charge is 0.155 e. The van der Waals surface area contributed by atoms with Crippen molar-refractivity contribution in [3.05, 3.63) is 47.2 Å². The third-order valence-electron chi connectivity index (χ3n) is 2.93. The Morgan fingerprint density at radius 1 is 1.00 bits per heavy atom. The lowest BCUT2D eigenvalue weighted by molar-refractivity contribution is 0.880. The summed E-state index contributed by atoms with van der Waals surface area (Å²) in [6, 6.07) is 10.6. The van der Waals surface area contributed by atoms with Gasteiger partial charge in [-0.15, -0.1) is 5.10 Å². The first kappa shape index (κ1) is 8.60. The molecule has 1 aliphatic carbocycles.